The molecule has 0 aromatic heterocycles. The summed E-state index contributed by atoms with van der Waals surface area (Å²) in [6, 6.07) is 0. The number of fused-ring (bicyclic) bond motifs is 7. The fourth-order valence-corrected chi connectivity index (χ4v) is 11.0. The van der Waals surface area contributed by atoms with Gasteiger partial charge in [-0.25, -0.2) is 0 Å². The van der Waals surface area contributed by atoms with Crippen molar-refractivity contribution in [1.82, 2.24) is 0 Å². The van der Waals surface area contributed by atoms with Gasteiger partial charge in [0.05, 0.1) is 11.5 Å². The predicted molar refractivity (Wildman–Crippen MR) is 159 cm³/mol. The number of hydrogen-bond donors (Lipinski definition) is 1. The lowest BCUT2D eigenvalue weighted by atomic mass is 9.33. The Morgan fingerprint density at radius 1 is 1.00 bits per heavy atom. The smallest absolute Gasteiger partial charge is 0.312 e. The molecular formula is C34H51BrO4. The van der Waals surface area contributed by atoms with Gasteiger partial charge in [0, 0.05) is 11.2 Å². The minimum Gasteiger partial charge on any atom is -0.461 e. The Bertz CT molecular complexity index is 1090. The van der Waals surface area contributed by atoms with E-state index >= 15 is 0 Å². The third kappa shape index (κ3) is 4.13. The summed E-state index contributed by atoms with van der Waals surface area (Å²) < 4.78 is 5.73. The van der Waals surface area contributed by atoms with Gasteiger partial charge in [-0.1, -0.05) is 75.2 Å². The number of rotatable bonds is 4. The van der Waals surface area contributed by atoms with Gasteiger partial charge < -0.3 is 9.84 Å². The van der Waals surface area contributed by atoms with Crippen molar-refractivity contribution in [2.24, 2.45) is 50.2 Å². The van der Waals surface area contributed by atoms with Gasteiger partial charge in [0.1, 0.15) is 6.61 Å². The van der Waals surface area contributed by atoms with E-state index in [9.17, 15) is 14.7 Å². The van der Waals surface area contributed by atoms with Crippen LogP contribution in [0.15, 0.2) is 23.8 Å². The Kier molecular flexibility index (Phi) is 7.23. The second-order valence-electron chi connectivity index (χ2n) is 15.9. The van der Waals surface area contributed by atoms with Crippen LogP contribution in [0.1, 0.15) is 106 Å². The van der Waals surface area contributed by atoms with Gasteiger partial charge in [-0.2, -0.15) is 0 Å². The van der Waals surface area contributed by atoms with Crippen LogP contribution in [-0.2, 0) is 14.3 Å². The van der Waals surface area contributed by atoms with Crippen molar-refractivity contribution >= 4 is 27.7 Å². The largest absolute Gasteiger partial charge is 0.461 e. The molecule has 0 amide bonds. The Hall–Kier alpha value is -0.940. The highest BCUT2D eigenvalue weighted by Gasteiger charge is 2.70. The maximum absolute atomic E-state index is 14.4. The highest BCUT2D eigenvalue weighted by atomic mass is 79.9. The molecule has 4 nitrogen and oxygen atoms in total. The molecule has 5 aliphatic rings. The van der Waals surface area contributed by atoms with E-state index in [-0.39, 0.29) is 51.0 Å². The van der Waals surface area contributed by atoms with Crippen molar-refractivity contribution in [3.8, 4) is 0 Å². The Balaban J connectivity index is 1.51. The van der Waals surface area contributed by atoms with Crippen LogP contribution in [0.3, 0.4) is 0 Å². The minimum atomic E-state index is -0.528. The lowest BCUT2D eigenvalue weighted by Crippen LogP contribution is -2.66. The molecule has 9 atom stereocenters. The zero-order chi connectivity index (χ0) is 28.6. The van der Waals surface area contributed by atoms with Crippen molar-refractivity contribution in [3.05, 3.63) is 23.8 Å². The molecule has 5 rings (SSSR count). The first-order chi connectivity index (χ1) is 18.1. The summed E-state index contributed by atoms with van der Waals surface area (Å²) in [7, 11) is 0. The van der Waals surface area contributed by atoms with E-state index in [2.05, 4.69) is 70.5 Å². The first kappa shape index (κ1) is 29.5. The number of esters is 1. The summed E-state index contributed by atoms with van der Waals surface area (Å²) >= 11 is 3.38. The lowest BCUT2D eigenvalue weighted by Gasteiger charge is -2.70. The van der Waals surface area contributed by atoms with Crippen LogP contribution in [0, 0.1) is 50.2 Å². The van der Waals surface area contributed by atoms with Crippen LogP contribution in [0.4, 0.5) is 0 Å². The van der Waals surface area contributed by atoms with Gasteiger partial charge in [0.25, 0.3) is 0 Å². The second-order valence-corrected chi connectivity index (χ2v) is 16.5. The van der Waals surface area contributed by atoms with E-state index in [0.29, 0.717) is 18.3 Å². The van der Waals surface area contributed by atoms with Gasteiger partial charge in [-0.3, -0.25) is 9.59 Å². The summed E-state index contributed by atoms with van der Waals surface area (Å²) in [4.78, 5) is 27.8. The molecule has 5 heteroatoms. The molecule has 0 spiro atoms. The number of hydrogen-bond acceptors (Lipinski definition) is 4. The molecule has 0 saturated heterocycles. The number of aliphatic hydroxyl groups excluding tert-OH is 1. The molecular weight excluding hydrogens is 552 g/mol. The fourth-order valence-electron chi connectivity index (χ4n) is 10.8. The third-order valence-electron chi connectivity index (χ3n) is 13.6. The summed E-state index contributed by atoms with van der Waals surface area (Å²) in [5, 5.41) is 11.7. The standard InChI is InChI=1S/C34H51BrO4/c1-29(2)25-10-13-34(7)27(32(25,5)12-11-26(29)37)24(36)20-22-23-21-31(4,28(38)39-19-9-8-18-35)15-14-30(23,3)16-17-33(22,34)6/h8-9,20,23,25-27,37H,10-19,21H2,1-7H3/b9-8+/t23-,25?,26-,27?,30+,31-,32-,33+,34+/m0/s1. The van der Waals surface area contributed by atoms with Crippen molar-refractivity contribution in [1.29, 1.82) is 0 Å². The van der Waals surface area contributed by atoms with Crippen molar-refractivity contribution in [2.75, 3.05) is 11.9 Å². The van der Waals surface area contributed by atoms with Crippen molar-refractivity contribution in [3.63, 3.8) is 0 Å². The average molecular weight is 604 g/mol. The molecule has 39 heavy (non-hydrogen) atoms. The van der Waals surface area contributed by atoms with Crippen molar-refractivity contribution < 1.29 is 19.4 Å². The van der Waals surface area contributed by atoms with Crippen LogP contribution in [-0.4, -0.2) is 34.9 Å². The molecule has 0 aliphatic heterocycles. The van der Waals surface area contributed by atoms with Crippen molar-refractivity contribution in [2.45, 2.75) is 112 Å². The van der Waals surface area contributed by atoms with E-state index in [4.69, 9.17) is 4.74 Å². The minimum absolute atomic E-state index is 0.0187. The molecule has 5 aliphatic carbocycles. The quantitative estimate of drug-likeness (QED) is 0.202. The summed E-state index contributed by atoms with van der Waals surface area (Å²) in [6.07, 6.45) is 14.3. The zero-order valence-electron chi connectivity index (χ0n) is 25.4. The second kappa shape index (κ2) is 9.54. The molecule has 0 radical (unpaired) electrons. The van der Waals surface area contributed by atoms with E-state index in [1.807, 2.05) is 12.2 Å². The van der Waals surface area contributed by atoms with Gasteiger partial charge in [-0.05, 0) is 110 Å². The Morgan fingerprint density at radius 3 is 2.38 bits per heavy atom. The monoisotopic (exact) mass is 602 g/mol. The molecule has 2 unspecified atom stereocenters. The van der Waals surface area contributed by atoms with Gasteiger partial charge in [0.15, 0.2) is 5.78 Å². The molecule has 218 valence electrons. The average Bonchev–Trinajstić information content (AvgIpc) is 2.86. The number of alkyl halides is 1. The van der Waals surface area contributed by atoms with Gasteiger partial charge in [0.2, 0.25) is 0 Å². The number of ketones is 1. The number of ether oxygens (including phenoxy) is 1. The maximum atomic E-state index is 14.4. The highest BCUT2D eigenvalue weighted by Crippen LogP contribution is 2.75. The Morgan fingerprint density at radius 2 is 1.69 bits per heavy atom. The highest BCUT2D eigenvalue weighted by molar-refractivity contribution is 9.09. The normalized spacial score (nSPS) is 48.8. The number of aliphatic hydroxyl groups is 1. The van der Waals surface area contributed by atoms with Crippen LogP contribution < -0.4 is 0 Å². The van der Waals surface area contributed by atoms with Gasteiger partial charge >= 0.3 is 5.97 Å². The third-order valence-corrected chi connectivity index (χ3v) is 14.0. The van der Waals surface area contributed by atoms with Crippen LogP contribution in [0.2, 0.25) is 0 Å². The van der Waals surface area contributed by atoms with E-state index in [1.54, 1.807) is 0 Å². The SMILES string of the molecule is CC1(C)C2CC[C@]3(C)C(C(=O)C=C4[C@@H]5C[C@@](C)(C(=O)OC/C=C/CBr)CC[C@]5(C)CC[C@]43C)[C@@]2(C)CC[C@@H]1O. The molecule has 4 fully saturated rings. The number of halogens is 1. The molecule has 4 saturated carbocycles. The zero-order valence-corrected chi connectivity index (χ0v) is 27.0. The number of carbonyl (C=O) groups excluding carboxylic acids is 2. The molecule has 1 N–H and O–H groups in total. The van der Waals surface area contributed by atoms with Crippen LogP contribution in [0.5, 0.6) is 0 Å². The molecule has 0 bridgehead atoms. The first-order valence-corrected chi connectivity index (χ1v) is 16.5. The molecule has 0 aromatic rings. The van der Waals surface area contributed by atoms with E-state index in [0.717, 1.165) is 63.1 Å². The predicted octanol–water partition coefficient (Wildman–Crippen LogP) is 7.82. The number of allylic oxidation sites excluding steroid dienone is 3. The first-order valence-electron chi connectivity index (χ1n) is 15.4. The summed E-state index contributed by atoms with van der Waals surface area (Å²) in [5.41, 5.74) is 0.447. The molecule has 0 heterocycles. The van der Waals surface area contributed by atoms with Crippen LogP contribution in [0.25, 0.3) is 0 Å². The fraction of sp³-hybridized carbons (Fsp3) is 0.824. The molecule has 0 aromatic carbocycles. The Labute approximate surface area is 244 Å². The lowest BCUT2D eigenvalue weighted by molar-refractivity contribution is -0.202. The summed E-state index contributed by atoms with van der Waals surface area (Å²) in [6.45, 7) is 16.5. The van der Waals surface area contributed by atoms with E-state index < -0.39 is 5.41 Å². The van der Waals surface area contributed by atoms with Gasteiger partial charge in [-0.15, -0.1) is 0 Å². The summed E-state index contributed by atoms with van der Waals surface area (Å²) in [5.74, 6) is 0.754. The topological polar surface area (TPSA) is 63.6 Å². The number of carbonyl (C=O) groups is 2. The van der Waals surface area contributed by atoms with E-state index in [1.165, 1.54) is 5.57 Å². The maximum Gasteiger partial charge on any atom is 0.312 e. The van der Waals surface area contributed by atoms with Crippen LogP contribution >= 0.6 is 15.9 Å².